The summed E-state index contributed by atoms with van der Waals surface area (Å²) in [6, 6.07) is 4.37. The lowest BCUT2D eigenvalue weighted by Crippen LogP contribution is -2.27. The summed E-state index contributed by atoms with van der Waals surface area (Å²) in [6.07, 6.45) is 18.9. The van der Waals surface area contributed by atoms with Gasteiger partial charge in [0.05, 0.1) is 0 Å². The number of benzene rings is 1. The van der Waals surface area contributed by atoms with Gasteiger partial charge in [-0.2, -0.15) is 0 Å². The minimum absolute atomic E-state index is 0.709. The number of unbranched alkanes of at least 4 members (excludes halogenated alkanes) is 1. The summed E-state index contributed by atoms with van der Waals surface area (Å²) in [5.41, 5.74) is 0.936. The van der Waals surface area contributed by atoms with Gasteiger partial charge in [-0.3, -0.25) is 0 Å². The molecule has 1 aromatic rings. The first-order chi connectivity index (χ1) is 12.2. The highest BCUT2D eigenvalue weighted by molar-refractivity contribution is 5.17. The molecule has 0 amide bonds. The van der Waals surface area contributed by atoms with Crippen LogP contribution in [0.2, 0.25) is 0 Å². The van der Waals surface area contributed by atoms with Crippen LogP contribution in [-0.4, -0.2) is 0 Å². The van der Waals surface area contributed by atoms with E-state index in [2.05, 4.69) is 0 Å². The van der Waals surface area contributed by atoms with Crippen LogP contribution in [0.5, 0.6) is 0 Å². The van der Waals surface area contributed by atoms with Gasteiger partial charge in [0.15, 0.2) is 11.6 Å². The quantitative estimate of drug-likeness (QED) is 0.449. The van der Waals surface area contributed by atoms with Crippen LogP contribution in [0.15, 0.2) is 18.2 Å². The molecule has 3 rings (SSSR count). The molecule has 2 fully saturated rings. The topological polar surface area (TPSA) is 0 Å². The van der Waals surface area contributed by atoms with Crippen LogP contribution >= 0.6 is 0 Å². The van der Waals surface area contributed by atoms with Crippen molar-refractivity contribution >= 4 is 0 Å². The summed E-state index contributed by atoms with van der Waals surface area (Å²) in [5, 5.41) is 0. The van der Waals surface area contributed by atoms with Gasteiger partial charge in [-0.25, -0.2) is 8.78 Å². The maximum atomic E-state index is 13.3. The van der Waals surface area contributed by atoms with Crippen LogP contribution in [0.3, 0.4) is 0 Å². The number of halogens is 2. The van der Waals surface area contributed by atoms with Crippen molar-refractivity contribution in [1.82, 2.24) is 0 Å². The largest absolute Gasteiger partial charge is 0.204 e. The molecule has 0 spiro atoms. The zero-order valence-electron chi connectivity index (χ0n) is 15.6. The van der Waals surface area contributed by atoms with E-state index in [1.807, 2.05) is 0 Å². The summed E-state index contributed by atoms with van der Waals surface area (Å²) >= 11 is 0. The van der Waals surface area contributed by atoms with E-state index >= 15 is 0 Å². The maximum Gasteiger partial charge on any atom is 0.159 e. The van der Waals surface area contributed by atoms with Crippen LogP contribution in [0.1, 0.15) is 89.0 Å². The second-order valence-corrected chi connectivity index (χ2v) is 8.45. The lowest BCUT2D eigenvalue weighted by atomic mass is 9.68. The average Bonchev–Trinajstić information content (AvgIpc) is 2.66. The minimum atomic E-state index is -0.738. The van der Waals surface area contributed by atoms with Gasteiger partial charge >= 0.3 is 0 Å². The normalized spacial score (nSPS) is 20.3. The molecule has 25 heavy (non-hydrogen) atoms. The zero-order valence-corrected chi connectivity index (χ0v) is 15.6. The van der Waals surface area contributed by atoms with E-state index < -0.39 is 11.6 Å². The van der Waals surface area contributed by atoms with Crippen LogP contribution < -0.4 is 0 Å². The Labute approximate surface area is 152 Å². The molecule has 2 aliphatic carbocycles. The number of rotatable bonds is 7. The third-order valence-corrected chi connectivity index (χ3v) is 6.75. The SMILES string of the molecule is Fc1ccc(CCCCC(C2CCCCC2)C2CCCCC2)cc1F. The Bertz CT molecular complexity index is 495. The molecule has 2 saturated carbocycles. The summed E-state index contributed by atoms with van der Waals surface area (Å²) in [7, 11) is 0. The molecule has 0 heterocycles. The second kappa shape index (κ2) is 9.69. The highest BCUT2D eigenvalue weighted by Gasteiger charge is 2.30. The average molecular weight is 349 g/mol. The first-order valence-corrected chi connectivity index (χ1v) is 10.7. The van der Waals surface area contributed by atoms with Gasteiger partial charge in [-0.1, -0.05) is 76.7 Å². The highest BCUT2D eigenvalue weighted by atomic mass is 19.2. The van der Waals surface area contributed by atoms with Crippen molar-refractivity contribution in [3.05, 3.63) is 35.4 Å². The van der Waals surface area contributed by atoms with Crippen molar-refractivity contribution in [2.75, 3.05) is 0 Å². The van der Waals surface area contributed by atoms with Crippen molar-refractivity contribution < 1.29 is 8.78 Å². The third kappa shape index (κ3) is 5.53. The van der Waals surface area contributed by atoms with Gasteiger partial charge < -0.3 is 0 Å². The monoisotopic (exact) mass is 348 g/mol. The van der Waals surface area contributed by atoms with E-state index in [0.29, 0.717) is 0 Å². The highest BCUT2D eigenvalue weighted by Crippen LogP contribution is 2.42. The molecule has 0 unspecified atom stereocenters. The van der Waals surface area contributed by atoms with E-state index in [1.54, 1.807) is 6.07 Å². The van der Waals surface area contributed by atoms with E-state index in [1.165, 1.54) is 89.2 Å². The van der Waals surface area contributed by atoms with Gasteiger partial charge in [0.1, 0.15) is 0 Å². The molecule has 0 bridgehead atoms. The van der Waals surface area contributed by atoms with Crippen LogP contribution in [0.4, 0.5) is 8.78 Å². The molecule has 2 aliphatic rings. The molecule has 0 radical (unpaired) electrons. The Balaban J connectivity index is 1.49. The summed E-state index contributed by atoms with van der Waals surface area (Å²) in [6.45, 7) is 0. The molecular weight excluding hydrogens is 314 g/mol. The number of aryl methyl sites for hydroxylation is 1. The van der Waals surface area contributed by atoms with Crippen molar-refractivity contribution in [3.8, 4) is 0 Å². The molecular formula is C23H34F2. The summed E-state index contributed by atoms with van der Waals surface area (Å²) in [5.74, 6) is 1.39. The fourth-order valence-corrected chi connectivity index (χ4v) is 5.39. The van der Waals surface area contributed by atoms with Gasteiger partial charge in [0.2, 0.25) is 0 Å². The standard InChI is InChI=1S/C23H34F2/c24-22-16-15-18(17-23(22)25)9-7-8-14-21(19-10-3-1-4-11-19)20-12-5-2-6-13-20/h15-17,19-21H,1-14H2. The Hall–Kier alpha value is -0.920. The lowest BCUT2D eigenvalue weighted by molar-refractivity contribution is 0.132. The van der Waals surface area contributed by atoms with Crippen LogP contribution in [0.25, 0.3) is 0 Å². The van der Waals surface area contributed by atoms with Gasteiger partial charge in [-0.15, -0.1) is 0 Å². The number of hydrogen-bond acceptors (Lipinski definition) is 0. The van der Waals surface area contributed by atoms with Gasteiger partial charge in [-0.05, 0) is 54.7 Å². The Morgan fingerprint density at radius 1 is 0.760 bits per heavy atom. The summed E-state index contributed by atoms with van der Waals surface area (Å²) in [4.78, 5) is 0. The molecule has 0 N–H and O–H groups in total. The lowest BCUT2D eigenvalue weighted by Gasteiger charge is -2.38. The molecule has 0 atom stereocenters. The molecule has 2 heteroatoms. The zero-order chi connectivity index (χ0) is 17.5. The fraction of sp³-hybridized carbons (Fsp3) is 0.739. The predicted octanol–water partition coefficient (Wildman–Crippen LogP) is 7.45. The van der Waals surface area contributed by atoms with Crippen LogP contribution in [-0.2, 0) is 6.42 Å². The van der Waals surface area contributed by atoms with E-state index in [0.717, 1.165) is 36.2 Å². The molecule has 140 valence electrons. The van der Waals surface area contributed by atoms with E-state index in [4.69, 9.17) is 0 Å². The smallest absolute Gasteiger partial charge is 0.159 e. The molecule has 0 saturated heterocycles. The first-order valence-electron chi connectivity index (χ1n) is 10.7. The van der Waals surface area contributed by atoms with E-state index in [-0.39, 0.29) is 0 Å². The van der Waals surface area contributed by atoms with Crippen molar-refractivity contribution in [1.29, 1.82) is 0 Å². The van der Waals surface area contributed by atoms with Crippen molar-refractivity contribution in [2.24, 2.45) is 17.8 Å². The van der Waals surface area contributed by atoms with Gasteiger partial charge in [0, 0.05) is 0 Å². The molecule has 0 aromatic heterocycles. The molecule has 1 aromatic carbocycles. The Kier molecular flexibility index (Phi) is 7.31. The van der Waals surface area contributed by atoms with Crippen molar-refractivity contribution in [3.63, 3.8) is 0 Å². The first kappa shape index (κ1) is 18.9. The summed E-state index contributed by atoms with van der Waals surface area (Å²) < 4.78 is 26.4. The second-order valence-electron chi connectivity index (χ2n) is 8.45. The minimum Gasteiger partial charge on any atom is -0.204 e. The van der Waals surface area contributed by atoms with Crippen LogP contribution in [0, 0.1) is 29.4 Å². The van der Waals surface area contributed by atoms with Gasteiger partial charge in [0.25, 0.3) is 0 Å². The molecule has 0 nitrogen and oxygen atoms in total. The Morgan fingerprint density at radius 3 is 1.92 bits per heavy atom. The Morgan fingerprint density at radius 2 is 1.36 bits per heavy atom. The third-order valence-electron chi connectivity index (χ3n) is 6.75. The maximum absolute atomic E-state index is 13.3. The number of hydrogen-bond donors (Lipinski definition) is 0. The van der Waals surface area contributed by atoms with Crippen molar-refractivity contribution in [2.45, 2.75) is 89.9 Å². The molecule has 0 aliphatic heterocycles. The van der Waals surface area contributed by atoms with E-state index in [9.17, 15) is 8.78 Å². The predicted molar refractivity (Wildman–Crippen MR) is 101 cm³/mol. The fourth-order valence-electron chi connectivity index (χ4n) is 5.39.